The number of nitrogens with zero attached hydrogens (tertiary/aromatic N) is 2. The first kappa shape index (κ1) is 13.8. The van der Waals surface area contributed by atoms with Crippen LogP contribution in [0, 0.1) is 5.92 Å². The van der Waals surface area contributed by atoms with E-state index in [0.717, 1.165) is 31.5 Å². The molecule has 0 spiro atoms. The lowest BCUT2D eigenvalue weighted by Gasteiger charge is -2.24. The zero-order valence-electron chi connectivity index (χ0n) is 12.0. The molecule has 1 aromatic heterocycles. The number of amides is 1. The van der Waals surface area contributed by atoms with Gasteiger partial charge >= 0.3 is 0 Å². The van der Waals surface area contributed by atoms with E-state index >= 15 is 0 Å². The van der Waals surface area contributed by atoms with Crippen LogP contribution in [0.1, 0.15) is 49.7 Å². The third kappa shape index (κ3) is 3.46. The molecule has 4 nitrogen and oxygen atoms in total. The van der Waals surface area contributed by atoms with Gasteiger partial charge in [-0.3, -0.25) is 4.79 Å². The van der Waals surface area contributed by atoms with Gasteiger partial charge in [0.2, 0.25) is 0 Å². The SMILES string of the molecule is CCc1cc(C(=O)N(CC(C)C)C2CC2)cc(N)n1. The van der Waals surface area contributed by atoms with Crippen LogP contribution in [0.3, 0.4) is 0 Å². The smallest absolute Gasteiger partial charge is 0.254 e. The van der Waals surface area contributed by atoms with E-state index < -0.39 is 0 Å². The molecule has 1 saturated carbocycles. The minimum atomic E-state index is 0.0972. The van der Waals surface area contributed by atoms with Crippen molar-refractivity contribution in [1.82, 2.24) is 9.88 Å². The Kier molecular flexibility index (Phi) is 4.08. The van der Waals surface area contributed by atoms with Crippen molar-refractivity contribution in [1.29, 1.82) is 0 Å². The van der Waals surface area contributed by atoms with Crippen LogP contribution < -0.4 is 5.73 Å². The largest absolute Gasteiger partial charge is 0.384 e. The van der Waals surface area contributed by atoms with Crippen LogP contribution in [0.2, 0.25) is 0 Å². The molecule has 1 heterocycles. The molecule has 1 aromatic rings. The van der Waals surface area contributed by atoms with Gasteiger partial charge in [0.05, 0.1) is 0 Å². The van der Waals surface area contributed by atoms with E-state index in [1.54, 1.807) is 6.07 Å². The molecule has 0 atom stereocenters. The minimum absolute atomic E-state index is 0.0972. The summed E-state index contributed by atoms with van der Waals surface area (Å²) in [7, 11) is 0. The fraction of sp³-hybridized carbons (Fsp3) is 0.600. The molecule has 1 aliphatic carbocycles. The molecule has 0 bridgehead atoms. The number of anilines is 1. The number of pyridine rings is 1. The van der Waals surface area contributed by atoms with Crippen LogP contribution in [-0.2, 0) is 6.42 Å². The highest BCUT2D eigenvalue weighted by Crippen LogP contribution is 2.29. The maximum atomic E-state index is 12.6. The van der Waals surface area contributed by atoms with Crippen molar-refractivity contribution < 1.29 is 4.79 Å². The van der Waals surface area contributed by atoms with E-state index in [9.17, 15) is 4.79 Å². The number of carbonyl (C=O) groups excluding carboxylic acids is 1. The molecule has 1 fully saturated rings. The van der Waals surface area contributed by atoms with Crippen LogP contribution in [0.5, 0.6) is 0 Å². The first-order valence-electron chi connectivity index (χ1n) is 7.08. The predicted octanol–water partition coefficient (Wildman–Crippen LogP) is 2.49. The number of carbonyl (C=O) groups is 1. The number of aryl methyl sites for hydroxylation is 1. The molecule has 19 heavy (non-hydrogen) atoms. The maximum absolute atomic E-state index is 12.6. The molecule has 0 aliphatic heterocycles. The van der Waals surface area contributed by atoms with E-state index in [4.69, 9.17) is 5.73 Å². The van der Waals surface area contributed by atoms with Crippen molar-refractivity contribution >= 4 is 11.7 Å². The zero-order chi connectivity index (χ0) is 14.0. The molecular weight excluding hydrogens is 238 g/mol. The Morgan fingerprint density at radius 2 is 2.16 bits per heavy atom. The Bertz CT molecular complexity index is 466. The second-order valence-electron chi connectivity index (χ2n) is 5.71. The number of nitrogen functional groups attached to an aromatic ring is 1. The second-order valence-corrected chi connectivity index (χ2v) is 5.71. The molecule has 0 radical (unpaired) electrons. The Morgan fingerprint density at radius 1 is 1.47 bits per heavy atom. The molecule has 0 saturated heterocycles. The maximum Gasteiger partial charge on any atom is 0.254 e. The normalized spacial score (nSPS) is 14.7. The highest BCUT2D eigenvalue weighted by molar-refractivity contribution is 5.95. The highest BCUT2D eigenvalue weighted by atomic mass is 16.2. The standard InChI is InChI=1S/C15H23N3O/c1-4-12-7-11(8-14(16)17-12)15(19)18(9-10(2)3)13-5-6-13/h7-8,10,13H,4-6,9H2,1-3H3,(H2,16,17). The van der Waals surface area contributed by atoms with Gasteiger partial charge in [-0.15, -0.1) is 0 Å². The first-order chi connectivity index (χ1) is 9.01. The topological polar surface area (TPSA) is 59.2 Å². The fourth-order valence-electron chi connectivity index (χ4n) is 2.26. The lowest BCUT2D eigenvalue weighted by Crippen LogP contribution is -2.36. The summed E-state index contributed by atoms with van der Waals surface area (Å²) in [5, 5.41) is 0. The van der Waals surface area contributed by atoms with Crippen molar-refractivity contribution in [3.63, 3.8) is 0 Å². The number of hydrogen-bond donors (Lipinski definition) is 1. The summed E-state index contributed by atoms with van der Waals surface area (Å²) in [5.74, 6) is 1.01. The average Bonchev–Trinajstić information content (AvgIpc) is 3.18. The van der Waals surface area contributed by atoms with Gasteiger partial charge < -0.3 is 10.6 Å². The monoisotopic (exact) mass is 261 g/mol. The number of nitrogens with two attached hydrogens (primary N) is 1. The molecule has 104 valence electrons. The number of rotatable bonds is 5. The highest BCUT2D eigenvalue weighted by Gasteiger charge is 2.33. The summed E-state index contributed by atoms with van der Waals surface area (Å²) in [6.07, 6.45) is 3.04. The number of aromatic nitrogens is 1. The van der Waals surface area contributed by atoms with Crippen LogP contribution in [0.4, 0.5) is 5.82 Å². The van der Waals surface area contributed by atoms with Gasteiger partial charge in [-0.1, -0.05) is 20.8 Å². The van der Waals surface area contributed by atoms with Crippen LogP contribution >= 0.6 is 0 Å². The van der Waals surface area contributed by atoms with E-state index in [2.05, 4.69) is 18.8 Å². The van der Waals surface area contributed by atoms with Gasteiger partial charge in [-0.25, -0.2) is 4.98 Å². The van der Waals surface area contributed by atoms with E-state index in [1.165, 1.54) is 0 Å². The van der Waals surface area contributed by atoms with E-state index in [-0.39, 0.29) is 5.91 Å². The Hall–Kier alpha value is -1.58. The van der Waals surface area contributed by atoms with Crippen molar-refractivity contribution in [2.24, 2.45) is 5.92 Å². The Morgan fingerprint density at radius 3 is 2.68 bits per heavy atom. The average molecular weight is 261 g/mol. The van der Waals surface area contributed by atoms with Crippen molar-refractivity contribution in [3.8, 4) is 0 Å². The molecule has 1 aliphatic rings. The molecule has 2 rings (SSSR count). The third-order valence-corrected chi connectivity index (χ3v) is 3.32. The van der Waals surface area contributed by atoms with Crippen molar-refractivity contribution in [3.05, 3.63) is 23.4 Å². The van der Waals surface area contributed by atoms with Crippen molar-refractivity contribution in [2.45, 2.75) is 46.1 Å². The van der Waals surface area contributed by atoms with Crippen LogP contribution in [0.15, 0.2) is 12.1 Å². The number of hydrogen-bond acceptors (Lipinski definition) is 3. The Labute approximate surface area is 115 Å². The summed E-state index contributed by atoms with van der Waals surface area (Å²) in [4.78, 5) is 18.8. The molecule has 0 aromatic carbocycles. The molecular formula is C15H23N3O. The van der Waals surface area contributed by atoms with E-state index in [0.29, 0.717) is 23.3 Å². The van der Waals surface area contributed by atoms with Crippen molar-refractivity contribution in [2.75, 3.05) is 12.3 Å². The van der Waals surface area contributed by atoms with Gasteiger partial charge in [0.15, 0.2) is 0 Å². The van der Waals surface area contributed by atoms with Gasteiger partial charge in [-0.2, -0.15) is 0 Å². The minimum Gasteiger partial charge on any atom is -0.384 e. The molecule has 4 heteroatoms. The van der Waals surface area contributed by atoms with Gasteiger partial charge in [0, 0.05) is 23.8 Å². The second kappa shape index (κ2) is 5.59. The summed E-state index contributed by atoms with van der Waals surface area (Å²) >= 11 is 0. The summed E-state index contributed by atoms with van der Waals surface area (Å²) in [6, 6.07) is 3.99. The quantitative estimate of drug-likeness (QED) is 0.886. The van der Waals surface area contributed by atoms with Crippen LogP contribution in [0.25, 0.3) is 0 Å². The molecule has 1 amide bonds. The molecule has 2 N–H and O–H groups in total. The fourth-order valence-corrected chi connectivity index (χ4v) is 2.26. The van der Waals surface area contributed by atoms with Crippen LogP contribution in [-0.4, -0.2) is 28.4 Å². The van der Waals surface area contributed by atoms with Gasteiger partial charge in [-0.05, 0) is 37.3 Å². The van der Waals surface area contributed by atoms with Gasteiger partial charge in [0.1, 0.15) is 5.82 Å². The first-order valence-corrected chi connectivity index (χ1v) is 7.08. The predicted molar refractivity (Wildman–Crippen MR) is 76.9 cm³/mol. The zero-order valence-corrected chi connectivity index (χ0v) is 12.0. The lowest BCUT2D eigenvalue weighted by atomic mass is 10.1. The van der Waals surface area contributed by atoms with Gasteiger partial charge in [0.25, 0.3) is 5.91 Å². The summed E-state index contributed by atoms with van der Waals surface area (Å²) in [5.41, 5.74) is 7.34. The summed E-state index contributed by atoms with van der Waals surface area (Å²) in [6.45, 7) is 7.11. The third-order valence-electron chi connectivity index (χ3n) is 3.32. The lowest BCUT2D eigenvalue weighted by molar-refractivity contribution is 0.0722. The Balaban J connectivity index is 2.23. The summed E-state index contributed by atoms with van der Waals surface area (Å²) < 4.78 is 0. The van der Waals surface area contributed by atoms with E-state index in [1.807, 2.05) is 17.9 Å². The molecule has 0 unspecified atom stereocenters.